The van der Waals surface area contributed by atoms with Gasteiger partial charge in [0.1, 0.15) is 11.5 Å². The van der Waals surface area contributed by atoms with Crippen molar-refractivity contribution >= 4 is 22.9 Å². The zero-order chi connectivity index (χ0) is 28.4. The van der Waals surface area contributed by atoms with Gasteiger partial charge in [0.2, 0.25) is 0 Å². The number of aromatic hydroxyl groups is 4. The summed E-state index contributed by atoms with van der Waals surface area (Å²) < 4.78 is 0. The molecule has 2 aliphatic carbocycles. The van der Waals surface area contributed by atoms with Crippen molar-refractivity contribution in [2.24, 2.45) is 0 Å². The minimum absolute atomic E-state index is 0.0421. The Morgan fingerprint density at radius 2 is 1.00 bits per heavy atom. The Morgan fingerprint density at radius 1 is 0.500 bits per heavy atom. The molecule has 0 aromatic heterocycles. The van der Waals surface area contributed by atoms with Crippen molar-refractivity contribution < 1.29 is 34.8 Å². The molecule has 4 aromatic rings. The lowest BCUT2D eigenvalue weighted by atomic mass is 9.83. The number of hydrogen-bond donors (Lipinski definition) is 4. The minimum Gasteiger partial charge on any atom is -0.508 e. The van der Waals surface area contributed by atoms with E-state index in [-0.39, 0.29) is 39.8 Å². The molecule has 0 bridgehead atoms. The maximum Gasteiger partial charge on any atom is 0.198 e. The molecular weight excluding hydrogens is 508 g/mol. The molecule has 0 fully saturated rings. The maximum atomic E-state index is 12.2. The monoisotopic (exact) mass is 530 g/mol. The van der Waals surface area contributed by atoms with Crippen molar-refractivity contribution in [1.82, 2.24) is 0 Å². The number of ketones is 3. The number of phenolic OH excluding ortho intramolecular Hbond substituents is 4. The summed E-state index contributed by atoms with van der Waals surface area (Å²) >= 11 is 0. The lowest BCUT2D eigenvalue weighted by Gasteiger charge is -2.18. The van der Waals surface area contributed by atoms with Crippen molar-refractivity contribution in [2.75, 3.05) is 0 Å². The van der Waals surface area contributed by atoms with Gasteiger partial charge in [-0.3, -0.25) is 14.4 Å². The topological polar surface area (TPSA) is 132 Å². The quantitative estimate of drug-likeness (QED) is 0.223. The van der Waals surface area contributed by atoms with E-state index in [2.05, 4.69) is 0 Å². The fourth-order valence-electron chi connectivity index (χ4n) is 4.54. The predicted molar refractivity (Wildman–Crippen MR) is 149 cm³/mol. The Bertz CT molecular complexity index is 1690. The van der Waals surface area contributed by atoms with Crippen molar-refractivity contribution in [3.8, 4) is 23.0 Å². The molecule has 0 aliphatic heterocycles. The van der Waals surface area contributed by atoms with E-state index in [1.807, 2.05) is 24.3 Å². The first kappa shape index (κ1) is 25.9. The third-order valence-electron chi connectivity index (χ3n) is 6.50. The highest BCUT2D eigenvalue weighted by Crippen LogP contribution is 2.37. The minimum atomic E-state index is -0.541. The van der Waals surface area contributed by atoms with Crippen molar-refractivity contribution in [3.63, 3.8) is 0 Å². The number of benzene rings is 4. The maximum absolute atomic E-state index is 12.2. The summed E-state index contributed by atoms with van der Waals surface area (Å²) in [6, 6.07) is 22.8. The summed E-state index contributed by atoms with van der Waals surface area (Å²) in [5.74, 6) is -1.37. The highest BCUT2D eigenvalue weighted by Gasteiger charge is 2.32. The first-order valence-electron chi connectivity index (χ1n) is 12.2. The fourth-order valence-corrected chi connectivity index (χ4v) is 4.54. The van der Waals surface area contributed by atoms with E-state index in [1.165, 1.54) is 30.4 Å². The summed E-state index contributed by atoms with van der Waals surface area (Å²) in [6.45, 7) is 0. The van der Waals surface area contributed by atoms with Crippen LogP contribution in [0, 0.1) is 0 Å². The fraction of sp³-hybridized carbons (Fsp3) is 0. The second-order valence-electron chi connectivity index (χ2n) is 9.05. The second-order valence-corrected chi connectivity index (χ2v) is 9.05. The smallest absolute Gasteiger partial charge is 0.198 e. The standard InChI is InChI=1S/C19H14O3.C14H8O4/c20-16-7-1-13(2-8-16)19(14-3-9-17(21)10-4-14)15-5-11-18(22)12-6-15;15-10-6-5-9-11(14(10)18)13(17)8-4-2-1-3-7(8)12(9)16/h1-12,20-21H;1-6,15,18H. The van der Waals surface area contributed by atoms with Gasteiger partial charge in [0.05, 0.1) is 5.56 Å². The van der Waals surface area contributed by atoms with E-state index < -0.39 is 17.3 Å². The molecule has 2 aliphatic rings. The Hall–Kier alpha value is -5.69. The molecule has 0 radical (unpaired) electrons. The number of fused-ring (bicyclic) bond motifs is 2. The van der Waals surface area contributed by atoms with Gasteiger partial charge in [0, 0.05) is 16.7 Å². The zero-order valence-corrected chi connectivity index (χ0v) is 20.9. The van der Waals surface area contributed by atoms with Gasteiger partial charge in [-0.05, 0) is 70.8 Å². The van der Waals surface area contributed by atoms with Gasteiger partial charge < -0.3 is 20.4 Å². The molecule has 0 saturated heterocycles. The molecule has 0 heterocycles. The molecule has 0 atom stereocenters. The van der Waals surface area contributed by atoms with Crippen LogP contribution in [-0.2, 0) is 4.79 Å². The molecular formula is C33H22O7. The third kappa shape index (κ3) is 4.91. The van der Waals surface area contributed by atoms with Gasteiger partial charge in [-0.1, -0.05) is 60.7 Å². The first-order valence-corrected chi connectivity index (χ1v) is 12.2. The van der Waals surface area contributed by atoms with Gasteiger partial charge in [0.25, 0.3) is 0 Å². The number of phenols is 4. The van der Waals surface area contributed by atoms with Crippen LogP contribution in [-0.4, -0.2) is 37.8 Å². The number of hydrogen-bond acceptors (Lipinski definition) is 7. The van der Waals surface area contributed by atoms with E-state index in [0.717, 1.165) is 22.3 Å². The largest absolute Gasteiger partial charge is 0.508 e. The Kier molecular flexibility index (Phi) is 6.87. The van der Waals surface area contributed by atoms with Crippen LogP contribution in [0.1, 0.15) is 43.0 Å². The first-order chi connectivity index (χ1) is 19.2. The van der Waals surface area contributed by atoms with Gasteiger partial charge in [-0.25, -0.2) is 0 Å². The van der Waals surface area contributed by atoms with Gasteiger partial charge in [0.15, 0.2) is 28.8 Å². The highest BCUT2D eigenvalue weighted by molar-refractivity contribution is 6.29. The van der Waals surface area contributed by atoms with Crippen molar-refractivity contribution in [3.05, 3.63) is 148 Å². The van der Waals surface area contributed by atoms with E-state index in [1.54, 1.807) is 54.6 Å². The van der Waals surface area contributed by atoms with E-state index in [0.29, 0.717) is 5.56 Å². The van der Waals surface area contributed by atoms with Crippen LogP contribution in [0.5, 0.6) is 23.0 Å². The third-order valence-corrected chi connectivity index (χ3v) is 6.50. The van der Waals surface area contributed by atoms with Crippen molar-refractivity contribution in [1.29, 1.82) is 0 Å². The van der Waals surface area contributed by atoms with Crippen LogP contribution in [0.2, 0.25) is 0 Å². The summed E-state index contributed by atoms with van der Waals surface area (Å²) in [5, 5.41) is 38.1. The molecule has 0 spiro atoms. The lowest BCUT2D eigenvalue weighted by molar-refractivity contribution is -0.110. The molecule has 7 heteroatoms. The van der Waals surface area contributed by atoms with E-state index in [9.17, 15) is 34.8 Å². The average Bonchev–Trinajstić information content (AvgIpc) is 2.97. The average molecular weight is 531 g/mol. The second kappa shape index (κ2) is 10.6. The van der Waals surface area contributed by atoms with Crippen LogP contribution < -0.4 is 0 Å². The lowest BCUT2D eigenvalue weighted by Crippen LogP contribution is -2.20. The molecule has 0 amide bonds. The van der Waals surface area contributed by atoms with Gasteiger partial charge in [-0.2, -0.15) is 0 Å². The zero-order valence-electron chi connectivity index (χ0n) is 20.9. The number of carbonyl (C=O) groups excluding carboxylic acids is 3. The molecule has 6 rings (SSSR count). The molecule has 4 N–H and O–H groups in total. The molecule has 0 saturated carbocycles. The summed E-state index contributed by atoms with van der Waals surface area (Å²) in [4.78, 5) is 35.7. The SMILES string of the molecule is O=C1C=CC(=C(c2ccc(O)cc2)c2ccc(O)cc2)C=C1.O=C1c2ccccc2C(=O)c2c1ccc(O)c2O. The van der Waals surface area contributed by atoms with Crippen LogP contribution in [0.25, 0.3) is 5.57 Å². The number of rotatable bonds is 2. The molecule has 4 aromatic carbocycles. The van der Waals surface area contributed by atoms with Gasteiger partial charge >= 0.3 is 0 Å². The number of allylic oxidation sites excluding steroid dienone is 5. The van der Waals surface area contributed by atoms with Crippen LogP contribution >= 0.6 is 0 Å². The molecule has 196 valence electrons. The Labute approximate surface area is 228 Å². The molecule has 40 heavy (non-hydrogen) atoms. The van der Waals surface area contributed by atoms with Crippen LogP contribution in [0.3, 0.4) is 0 Å². The van der Waals surface area contributed by atoms with Crippen LogP contribution in [0.15, 0.2) is 115 Å². The summed E-state index contributed by atoms with van der Waals surface area (Å²) in [6.07, 6.45) is 6.60. The van der Waals surface area contributed by atoms with Crippen LogP contribution in [0.4, 0.5) is 0 Å². The normalized spacial score (nSPS) is 13.3. The summed E-state index contributed by atoms with van der Waals surface area (Å²) in [7, 11) is 0. The van der Waals surface area contributed by atoms with E-state index in [4.69, 9.17) is 0 Å². The Morgan fingerprint density at radius 3 is 1.52 bits per heavy atom. The number of carbonyl (C=O) groups is 3. The molecule has 0 unspecified atom stereocenters. The molecule has 7 nitrogen and oxygen atoms in total. The summed E-state index contributed by atoms with van der Waals surface area (Å²) in [5.41, 5.74) is 4.23. The highest BCUT2D eigenvalue weighted by atomic mass is 16.3. The van der Waals surface area contributed by atoms with E-state index >= 15 is 0 Å². The van der Waals surface area contributed by atoms with Gasteiger partial charge in [-0.15, -0.1) is 0 Å². The predicted octanol–water partition coefficient (Wildman–Crippen LogP) is 5.47. The van der Waals surface area contributed by atoms with Crippen molar-refractivity contribution in [2.45, 2.75) is 0 Å². The Balaban J connectivity index is 0.000000164.